The highest BCUT2D eigenvalue weighted by atomic mass is 16.2. The largest absolute Gasteiger partial charge is 0.342 e. The Kier molecular flexibility index (Phi) is 3.80. The van der Waals surface area contributed by atoms with Crippen molar-refractivity contribution in [2.45, 2.75) is 50.9 Å². The van der Waals surface area contributed by atoms with Crippen LogP contribution in [0.25, 0.3) is 0 Å². The highest BCUT2D eigenvalue weighted by Crippen LogP contribution is 2.35. The molecule has 0 aromatic carbocycles. The van der Waals surface area contributed by atoms with Gasteiger partial charge in [-0.2, -0.15) is 5.10 Å². The van der Waals surface area contributed by atoms with Gasteiger partial charge in [-0.3, -0.25) is 9.89 Å². The molecular weight excluding hydrogens is 240 g/mol. The van der Waals surface area contributed by atoms with E-state index in [1.807, 2.05) is 0 Å². The van der Waals surface area contributed by atoms with Crippen molar-refractivity contribution in [3.05, 3.63) is 12.2 Å². The molecule has 19 heavy (non-hydrogen) atoms. The van der Waals surface area contributed by atoms with Crippen LogP contribution in [0.1, 0.15) is 56.7 Å². The maximum absolute atomic E-state index is 12.4. The monoisotopic (exact) mass is 262 g/mol. The molecule has 1 aliphatic heterocycles. The number of carbonyl (C=O) groups is 1. The lowest BCUT2D eigenvalue weighted by Gasteiger charge is -2.33. The summed E-state index contributed by atoms with van der Waals surface area (Å²) in [7, 11) is 0. The smallest absolute Gasteiger partial charge is 0.225 e. The summed E-state index contributed by atoms with van der Waals surface area (Å²) in [6.45, 7) is 1.95. The van der Waals surface area contributed by atoms with Gasteiger partial charge in [-0.25, -0.2) is 4.98 Å². The van der Waals surface area contributed by atoms with E-state index in [2.05, 4.69) is 20.1 Å². The molecule has 1 saturated carbocycles. The summed E-state index contributed by atoms with van der Waals surface area (Å²) >= 11 is 0. The Morgan fingerprint density at radius 3 is 2.53 bits per heavy atom. The fourth-order valence-electron chi connectivity index (χ4n) is 3.40. The molecule has 5 heteroatoms. The van der Waals surface area contributed by atoms with E-state index in [0.717, 1.165) is 44.6 Å². The fourth-order valence-corrected chi connectivity index (χ4v) is 3.40. The van der Waals surface area contributed by atoms with Gasteiger partial charge in [0.2, 0.25) is 5.91 Å². The third-order valence-corrected chi connectivity index (χ3v) is 4.56. The van der Waals surface area contributed by atoms with Crippen molar-refractivity contribution in [3.63, 3.8) is 0 Å². The van der Waals surface area contributed by atoms with Crippen LogP contribution in [0.15, 0.2) is 6.33 Å². The number of nitrogens with zero attached hydrogens (tertiary/aromatic N) is 3. The maximum atomic E-state index is 12.4. The van der Waals surface area contributed by atoms with E-state index in [-0.39, 0.29) is 5.92 Å². The van der Waals surface area contributed by atoms with Crippen molar-refractivity contribution in [3.8, 4) is 0 Å². The zero-order chi connectivity index (χ0) is 13.1. The van der Waals surface area contributed by atoms with E-state index >= 15 is 0 Å². The van der Waals surface area contributed by atoms with Crippen molar-refractivity contribution in [2.24, 2.45) is 5.92 Å². The quantitative estimate of drug-likeness (QED) is 0.887. The number of aromatic nitrogens is 3. The molecule has 0 unspecified atom stereocenters. The maximum Gasteiger partial charge on any atom is 0.225 e. The molecule has 1 aromatic heterocycles. The lowest BCUT2D eigenvalue weighted by molar-refractivity contribution is -0.137. The van der Waals surface area contributed by atoms with Crippen LogP contribution >= 0.6 is 0 Å². The van der Waals surface area contributed by atoms with Gasteiger partial charge in [0.15, 0.2) is 0 Å². The Balaban J connectivity index is 1.53. The van der Waals surface area contributed by atoms with Crippen LogP contribution in [-0.2, 0) is 4.79 Å². The normalized spacial score (nSPS) is 28.3. The molecule has 104 valence electrons. The van der Waals surface area contributed by atoms with E-state index in [4.69, 9.17) is 0 Å². The SMILES string of the molecule is O=C(C1CCC(c2ncn[nH]2)CC1)N1CCCCC1. The number of piperidine rings is 1. The van der Waals surface area contributed by atoms with Crippen LogP contribution in [0.2, 0.25) is 0 Å². The number of amides is 1. The standard InChI is InChI=1S/C14H22N4O/c19-14(18-8-2-1-3-9-18)12-6-4-11(5-7-12)13-15-10-16-17-13/h10-12H,1-9H2,(H,15,16,17). The van der Waals surface area contributed by atoms with Crippen LogP contribution in [0.3, 0.4) is 0 Å². The van der Waals surface area contributed by atoms with Gasteiger partial charge in [0.05, 0.1) is 0 Å². The van der Waals surface area contributed by atoms with Crippen molar-refractivity contribution in [1.29, 1.82) is 0 Å². The van der Waals surface area contributed by atoms with E-state index in [1.165, 1.54) is 19.3 Å². The van der Waals surface area contributed by atoms with E-state index in [0.29, 0.717) is 11.8 Å². The van der Waals surface area contributed by atoms with Crippen LogP contribution in [0.5, 0.6) is 0 Å². The molecule has 1 saturated heterocycles. The lowest BCUT2D eigenvalue weighted by Crippen LogP contribution is -2.40. The number of aromatic amines is 1. The highest BCUT2D eigenvalue weighted by molar-refractivity contribution is 5.79. The van der Waals surface area contributed by atoms with Gasteiger partial charge in [0, 0.05) is 24.9 Å². The van der Waals surface area contributed by atoms with Crippen molar-refractivity contribution in [2.75, 3.05) is 13.1 Å². The summed E-state index contributed by atoms with van der Waals surface area (Å²) in [6, 6.07) is 0. The van der Waals surface area contributed by atoms with Crippen molar-refractivity contribution in [1.82, 2.24) is 20.1 Å². The fraction of sp³-hybridized carbons (Fsp3) is 0.786. The van der Waals surface area contributed by atoms with Gasteiger partial charge in [0.1, 0.15) is 12.2 Å². The molecule has 2 fully saturated rings. The number of rotatable bonds is 2. The number of hydrogen-bond acceptors (Lipinski definition) is 3. The number of carbonyl (C=O) groups excluding carboxylic acids is 1. The second-order valence-corrected chi connectivity index (χ2v) is 5.81. The minimum atomic E-state index is 0.247. The predicted molar refractivity (Wildman–Crippen MR) is 71.5 cm³/mol. The molecular formula is C14H22N4O. The molecule has 5 nitrogen and oxygen atoms in total. The second-order valence-electron chi connectivity index (χ2n) is 5.81. The molecule has 0 radical (unpaired) electrons. The third-order valence-electron chi connectivity index (χ3n) is 4.56. The molecule has 0 spiro atoms. The summed E-state index contributed by atoms with van der Waals surface area (Å²) in [5.74, 6) is 2.10. The second kappa shape index (κ2) is 5.72. The first-order valence-corrected chi connectivity index (χ1v) is 7.48. The zero-order valence-electron chi connectivity index (χ0n) is 11.3. The molecule has 0 bridgehead atoms. The van der Waals surface area contributed by atoms with Crippen molar-refractivity contribution < 1.29 is 4.79 Å². The third kappa shape index (κ3) is 2.80. The molecule has 2 heterocycles. The van der Waals surface area contributed by atoms with Gasteiger partial charge in [-0.15, -0.1) is 0 Å². The molecule has 1 amide bonds. The Bertz CT molecular complexity index is 403. The Morgan fingerprint density at radius 1 is 1.16 bits per heavy atom. The molecule has 1 N–H and O–H groups in total. The van der Waals surface area contributed by atoms with Gasteiger partial charge in [0.25, 0.3) is 0 Å². The topological polar surface area (TPSA) is 61.9 Å². The molecule has 1 aromatic rings. The van der Waals surface area contributed by atoms with Gasteiger partial charge in [-0.05, 0) is 44.9 Å². The van der Waals surface area contributed by atoms with Crippen LogP contribution in [0.4, 0.5) is 0 Å². The molecule has 3 rings (SSSR count). The Labute approximate surface area is 113 Å². The summed E-state index contributed by atoms with van der Waals surface area (Å²) in [5, 5.41) is 6.87. The first kappa shape index (κ1) is 12.6. The Hall–Kier alpha value is -1.39. The first-order chi connectivity index (χ1) is 9.34. The summed E-state index contributed by atoms with van der Waals surface area (Å²) < 4.78 is 0. The number of likely N-dealkylation sites (tertiary alicyclic amines) is 1. The summed E-state index contributed by atoms with van der Waals surface area (Å²) in [6.07, 6.45) is 9.32. The molecule has 1 aliphatic carbocycles. The van der Waals surface area contributed by atoms with E-state index < -0.39 is 0 Å². The Morgan fingerprint density at radius 2 is 1.89 bits per heavy atom. The average Bonchev–Trinajstić information content (AvgIpc) is 3.02. The number of H-pyrrole nitrogens is 1. The first-order valence-electron chi connectivity index (χ1n) is 7.48. The summed E-state index contributed by atoms with van der Waals surface area (Å²) in [4.78, 5) is 18.8. The predicted octanol–water partition coefficient (Wildman–Crippen LogP) is 2.09. The van der Waals surface area contributed by atoms with Gasteiger partial charge < -0.3 is 4.90 Å². The summed E-state index contributed by atoms with van der Waals surface area (Å²) in [5.41, 5.74) is 0. The van der Waals surface area contributed by atoms with Crippen LogP contribution in [0, 0.1) is 5.92 Å². The average molecular weight is 262 g/mol. The number of hydrogen-bond donors (Lipinski definition) is 1. The van der Waals surface area contributed by atoms with Crippen LogP contribution < -0.4 is 0 Å². The number of nitrogens with one attached hydrogen (secondary N) is 1. The van der Waals surface area contributed by atoms with E-state index in [9.17, 15) is 4.79 Å². The van der Waals surface area contributed by atoms with Crippen LogP contribution in [-0.4, -0.2) is 39.1 Å². The van der Waals surface area contributed by atoms with Gasteiger partial charge >= 0.3 is 0 Å². The molecule has 2 aliphatic rings. The van der Waals surface area contributed by atoms with Crippen molar-refractivity contribution >= 4 is 5.91 Å². The van der Waals surface area contributed by atoms with E-state index in [1.54, 1.807) is 6.33 Å². The zero-order valence-corrected chi connectivity index (χ0v) is 11.3. The lowest BCUT2D eigenvalue weighted by atomic mass is 9.81. The minimum Gasteiger partial charge on any atom is -0.342 e. The highest BCUT2D eigenvalue weighted by Gasteiger charge is 2.31. The minimum absolute atomic E-state index is 0.247. The molecule has 0 atom stereocenters. The van der Waals surface area contributed by atoms with Gasteiger partial charge in [-0.1, -0.05) is 0 Å².